The summed E-state index contributed by atoms with van der Waals surface area (Å²) in [4.78, 5) is 23.5. The molecule has 12 heteroatoms. The number of hydrazine groups is 1. The molecular formula is C31H28F3N7OS. The molecule has 2 amide bonds. The van der Waals surface area contributed by atoms with Crippen LogP contribution in [0.3, 0.4) is 0 Å². The average molecular weight is 604 g/mol. The molecule has 0 spiro atoms. The van der Waals surface area contributed by atoms with Crippen LogP contribution in [0.1, 0.15) is 48.1 Å². The first-order chi connectivity index (χ1) is 20.6. The van der Waals surface area contributed by atoms with Gasteiger partial charge in [0.2, 0.25) is 0 Å². The molecule has 43 heavy (non-hydrogen) atoms. The Labute approximate surface area is 250 Å². The van der Waals surface area contributed by atoms with Gasteiger partial charge in [-0.25, -0.2) is 19.9 Å². The lowest BCUT2D eigenvalue weighted by atomic mass is 9.93. The minimum atomic E-state index is -4.40. The van der Waals surface area contributed by atoms with Crippen LogP contribution < -0.4 is 15.8 Å². The number of rotatable bonds is 5. The van der Waals surface area contributed by atoms with E-state index in [-0.39, 0.29) is 6.04 Å². The number of aliphatic imine (C=N–C) groups is 1. The van der Waals surface area contributed by atoms with Gasteiger partial charge in [-0.05, 0) is 60.9 Å². The molecular weight excluding hydrogens is 575 g/mol. The Morgan fingerprint density at radius 1 is 1.09 bits per heavy atom. The second-order valence-electron chi connectivity index (χ2n) is 10.5. The Morgan fingerprint density at radius 2 is 1.84 bits per heavy atom. The maximum atomic E-state index is 12.9. The zero-order chi connectivity index (χ0) is 30.3. The quantitative estimate of drug-likeness (QED) is 0.236. The van der Waals surface area contributed by atoms with Crippen molar-refractivity contribution in [3.05, 3.63) is 107 Å². The van der Waals surface area contributed by atoms with E-state index in [2.05, 4.69) is 68.9 Å². The number of alkyl halides is 3. The van der Waals surface area contributed by atoms with E-state index in [1.807, 2.05) is 31.2 Å². The molecule has 4 aromatic rings. The van der Waals surface area contributed by atoms with Crippen molar-refractivity contribution in [2.45, 2.75) is 38.9 Å². The molecule has 2 unspecified atom stereocenters. The smallest absolute Gasteiger partial charge is 0.292 e. The van der Waals surface area contributed by atoms with Gasteiger partial charge in [0.05, 0.1) is 16.9 Å². The van der Waals surface area contributed by atoms with Crippen LogP contribution in [-0.4, -0.2) is 31.7 Å². The van der Waals surface area contributed by atoms with Gasteiger partial charge in [0.15, 0.2) is 11.0 Å². The number of hydrogen-bond donors (Lipinski definition) is 2. The summed E-state index contributed by atoms with van der Waals surface area (Å²) in [7, 11) is 0. The van der Waals surface area contributed by atoms with Gasteiger partial charge in [0.25, 0.3) is 0 Å². The SMILES string of the molecule is Cc1ccc2c(c1)N1C(=CC2C)CS/C1=N\C(=O)NNC(C)c1ccc(-c2ncn(-c3ccc(C(F)(F)F)cc3)n2)cc1. The number of nitrogens with one attached hydrogen (secondary N) is 2. The van der Waals surface area contributed by atoms with Gasteiger partial charge in [-0.3, -0.25) is 10.3 Å². The number of fused-ring (bicyclic) bond motifs is 3. The predicted octanol–water partition coefficient (Wildman–Crippen LogP) is 7.15. The van der Waals surface area contributed by atoms with Crippen LogP contribution >= 0.6 is 11.8 Å². The lowest BCUT2D eigenvalue weighted by Gasteiger charge is -2.30. The fourth-order valence-electron chi connectivity index (χ4n) is 5.08. The van der Waals surface area contributed by atoms with Crippen LogP contribution in [-0.2, 0) is 6.18 Å². The third kappa shape index (κ3) is 5.93. The van der Waals surface area contributed by atoms with Crippen LogP contribution in [0.2, 0.25) is 0 Å². The van der Waals surface area contributed by atoms with Gasteiger partial charge in [-0.15, -0.1) is 5.10 Å². The number of urea groups is 1. The average Bonchev–Trinajstić information content (AvgIpc) is 3.63. The molecule has 2 aliphatic heterocycles. The van der Waals surface area contributed by atoms with Gasteiger partial charge in [-0.1, -0.05) is 61.2 Å². The number of amides is 2. The Balaban J connectivity index is 1.08. The van der Waals surface area contributed by atoms with Crippen molar-refractivity contribution in [1.29, 1.82) is 0 Å². The predicted molar refractivity (Wildman–Crippen MR) is 162 cm³/mol. The van der Waals surface area contributed by atoms with E-state index in [1.54, 1.807) is 0 Å². The van der Waals surface area contributed by atoms with Crippen molar-refractivity contribution in [3.63, 3.8) is 0 Å². The van der Waals surface area contributed by atoms with Crippen LogP contribution in [0.15, 0.2) is 89.8 Å². The summed E-state index contributed by atoms with van der Waals surface area (Å²) in [5.74, 6) is 1.50. The summed E-state index contributed by atoms with van der Waals surface area (Å²) in [6.07, 6.45) is -0.715. The number of thioether (sulfide) groups is 1. The van der Waals surface area contributed by atoms with Crippen LogP contribution in [0.25, 0.3) is 17.1 Å². The Hall–Kier alpha value is -4.42. The van der Waals surface area contributed by atoms with E-state index in [4.69, 9.17) is 0 Å². The first-order valence-electron chi connectivity index (χ1n) is 13.6. The summed E-state index contributed by atoms with van der Waals surface area (Å²) < 4.78 is 40.0. The molecule has 2 aliphatic rings. The standard InChI is InChI=1S/C31H28F3N7OS/c1-18-4-13-26-19(2)15-25-16-43-30(41(25)27(26)14-18)36-29(42)38-37-20(3)21-5-7-22(8-6-21)28-35-17-40(39-28)24-11-9-23(10-12-24)31(32,33)34/h4-15,17,19-20,37H,16H2,1-3H3,(H,38,42)/b36-30-. The Morgan fingerprint density at radius 3 is 2.56 bits per heavy atom. The number of amidine groups is 1. The molecule has 0 radical (unpaired) electrons. The highest BCUT2D eigenvalue weighted by atomic mass is 32.2. The number of aryl methyl sites for hydroxylation is 1. The molecule has 1 aromatic heterocycles. The second kappa shape index (κ2) is 11.3. The number of allylic oxidation sites excluding steroid dienone is 1. The summed E-state index contributed by atoms with van der Waals surface area (Å²) in [5, 5.41) is 5.05. The van der Waals surface area contributed by atoms with E-state index >= 15 is 0 Å². The summed E-state index contributed by atoms with van der Waals surface area (Å²) in [5.41, 5.74) is 11.7. The van der Waals surface area contributed by atoms with Gasteiger partial charge >= 0.3 is 12.2 Å². The Bertz CT molecular complexity index is 1730. The third-order valence-corrected chi connectivity index (χ3v) is 8.37. The monoisotopic (exact) mass is 603 g/mol. The van der Waals surface area contributed by atoms with Gasteiger partial charge < -0.3 is 0 Å². The fourth-order valence-corrected chi connectivity index (χ4v) is 6.07. The lowest BCUT2D eigenvalue weighted by molar-refractivity contribution is -0.137. The van der Waals surface area contributed by atoms with Crippen LogP contribution in [0.4, 0.5) is 23.7 Å². The molecule has 1 fully saturated rings. The molecule has 0 aliphatic carbocycles. The molecule has 6 rings (SSSR count). The third-order valence-electron chi connectivity index (χ3n) is 7.40. The Kier molecular flexibility index (Phi) is 7.57. The fraction of sp³-hybridized carbons (Fsp3) is 0.226. The number of nitrogens with zero attached hydrogens (tertiary/aromatic N) is 5. The minimum Gasteiger partial charge on any atom is -0.292 e. The molecule has 220 valence electrons. The molecule has 0 bridgehead atoms. The molecule has 0 saturated carbocycles. The molecule has 2 N–H and O–H groups in total. The van der Waals surface area contributed by atoms with Gasteiger partial charge in [0.1, 0.15) is 6.33 Å². The van der Waals surface area contributed by atoms with Crippen molar-refractivity contribution in [2.75, 3.05) is 10.7 Å². The molecule has 2 atom stereocenters. The van der Waals surface area contributed by atoms with E-state index in [0.29, 0.717) is 22.6 Å². The van der Waals surface area contributed by atoms with Crippen molar-refractivity contribution < 1.29 is 18.0 Å². The summed E-state index contributed by atoms with van der Waals surface area (Å²) in [6, 6.07) is 17.9. The number of hydrogen-bond acceptors (Lipinski definition) is 5. The topological polar surface area (TPSA) is 87.4 Å². The largest absolute Gasteiger partial charge is 0.416 e. The van der Waals surface area contributed by atoms with Gasteiger partial charge in [-0.2, -0.15) is 18.2 Å². The normalized spacial score (nSPS) is 17.8. The molecule has 3 aromatic carbocycles. The van der Waals surface area contributed by atoms with Gasteiger partial charge in [0, 0.05) is 29.0 Å². The number of aromatic nitrogens is 3. The first kappa shape index (κ1) is 28.7. The van der Waals surface area contributed by atoms with Crippen molar-refractivity contribution in [1.82, 2.24) is 25.6 Å². The summed E-state index contributed by atoms with van der Waals surface area (Å²) >= 11 is 1.54. The van der Waals surface area contributed by atoms with Crippen molar-refractivity contribution in [2.24, 2.45) is 4.99 Å². The highest BCUT2D eigenvalue weighted by Gasteiger charge is 2.33. The van der Waals surface area contributed by atoms with Crippen LogP contribution in [0, 0.1) is 6.92 Å². The number of halogens is 3. The number of carbonyl (C=O) groups excluding carboxylic acids is 1. The summed E-state index contributed by atoms with van der Waals surface area (Å²) in [6.45, 7) is 6.14. The molecule has 1 saturated heterocycles. The number of carbonyl (C=O) groups is 1. The van der Waals surface area contributed by atoms with E-state index in [9.17, 15) is 18.0 Å². The lowest BCUT2D eigenvalue weighted by Crippen LogP contribution is -2.38. The van der Waals surface area contributed by atoms with Crippen molar-refractivity contribution in [3.8, 4) is 17.1 Å². The van der Waals surface area contributed by atoms with E-state index in [1.165, 1.54) is 40.5 Å². The second-order valence-corrected chi connectivity index (χ2v) is 11.4. The molecule has 8 nitrogen and oxygen atoms in total. The maximum absolute atomic E-state index is 12.9. The molecule has 3 heterocycles. The van der Waals surface area contributed by atoms with E-state index < -0.39 is 17.8 Å². The van der Waals surface area contributed by atoms with E-state index in [0.717, 1.165) is 46.0 Å². The number of benzene rings is 3. The number of anilines is 1. The first-order valence-corrected chi connectivity index (χ1v) is 14.6. The highest BCUT2D eigenvalue weighted by molar-refractivity contribution is 8.14. The zero-order valence-corrected chi connectivity index (χ0v) is 24.4. The maximum Gasteiger partial charge on any atom is 0.416 e. The highest BCUT2D eigenvalue weighted by Crippen LogP contribution is 2.43. The minimum absolute atomic E-state index is 0.221. The van der Waals surface area contributed by atoms with Crippen molar-refractivity contribution >= 4 is 28.6 Å². The zero-order valence-electron chi connectivity index (χ0n) is 23.6. The van der Waals surface area contributed by atoms with Crippen LogP contribution in [0.5, 0.6) is 0 Å².